The monoisotopic (exact) mass is 266 g/mol. The zero-order valence-corrected chi connectivity index (χ0v) is 12.0. The number of ether oxygens (including phenoxy) is 1. The molecule has 18 heavy (non-hydrogen) atoms. The molecule has 0 bridgehead atoms. The van der Waals surface area contributed by atoms with Crippen LogP contribution in [0.15, 0.2) is 29.2 Å². The predicted octanol–water partition coefficient (Wildman–Crippen LogP) is 3.32. The number of Topliss-reactive ketones (excluding diaryl/α,β-unsaturated/α-hetero) is 1. The third-order valence-corrected chi connectivity index (χ3v) is 3.59. The van der Waals surface area contributed by atoms with Crippen LogP contribution < -0.4 is 0 Å². The second kappa shape index (κ2) is 6.05. The van der Waals surface area contributed by atoms with Crippen LogP contribution in [-0.4, -0.2) is 23.1 Å². The Labute approximate surface area is 112 Å². The van der Waals surface area contributed by atoms with E-state index in [2.05, 4.69) is 0 Å². The number of esters is 1. The van der Waals surface area contributed by atoms with Crippen LogP contribution in [-0.2, 0) is 9.53 Å². The first kappa shape index (κ1) is 14.8. The van der Waals surface area contributed by atoms with Crippen molar-refractivity contribution >= 4 is 23.5 Å². The Morgan fingerprint density at radius 1 is 1.22 bits per heavy atom. The van der Waals surface area contributed by atoms with Crippen molar-refractivity contribution < 1.29 is 14.3 Å². The van der Waals surface area contributed by atoms with E-state index in [-0.39, 0.29) is 11.8 Å². The third-order valence-electron chi connectivity index (χ3n) is 2.40. The van der Waals surface area contributed by atoms with Gasteiger partial charge >= 0.3 is 5.97 Å². The van der Waals surface area contributed by atoms with Crippen LogP contribution in [0.2, 0.25) is 0 Å². The van der Waals surface area contributed by atoms with Gasteiger partial charge in [-0.2, -0.15) is 0 Å². The smallest absolute Gasteiger partial charge is 0.321 e. The van der Waals surface area contributed by atoms with Crippen molar-refractivity contribution in [1.82, 2.24) is 0 Å². The molecule has 0 unspecified atom stereocenters. The van der Waals surface area contributed by atoms with Gasteiger partial charge in [0.05, 0.1) is 6.61 Å². The summed E-state index contributed by atoms with van der Waals surface area (Å²) in [6.07, 6.45) is 0. The largest absolute Gasteiger partial charge is 0.465 e. The number of hydrogen-bond donors (Lipinski definition) is 0. The lowest BCUT2D eigenvalue weighted by molar-refractivity contribution is -0.145. The second-order valence-electron chi connectivity index (χ2n) is 4.41. The highest BCUT2D eigenvalue weighted by atomic mass is 32.2. The topological polar surface area (TPSA) is 43.4 Å². The molecule has 0 aromatic heterocycles. The number of thioether (sulfide) groups is 1. The molecule has 0 aliphatic carbocycles. The fourth-order valence-electron chi connectivity index (χ4n) is 1.40. The number of ketones is 1. The Hall–Kier alpha value is -1.29. The van der Waals surface area contributed by atoms with Crippen LogP contribution in [0.4, 0.5) is 0 Å². The van der Waals surface area contributed by atoms with Crippen molar-refractivity contribution in [3.8, 4) is 0 Å². The van der Waals surface area contributed by atoms with E-state index in [4.69, 9.17) is 4.74 Å². The first-order valence-corrected chi connectivity index (χ1v) is 6.65. The summed E-state index contributed by atoms with van der Waals surface area (Å²) in [4.78, 5) is 23.8. The van der Waals surface area contributed by atoms with E-state index in [1.807, 2.05) is 26.0 Å². The van der Waals surface area contributed by atoms with Gasteiger partial charge in [0.1, 0.15) is 4.75 Å². The summed E-state index contributed by atoms with van der Waals surface area (Å²) in [6.45, 7) is 7.36. The molecule has 0 fully saturated rings. The molecule has 0 heterocycles. The van der Waals surface area contributed by atoms with Gasteiger partial charge in [-0.3, -0.25) is 9.59 Å². The maximum Gasteiger partial charge on any atom is 0.321 e. The highest BCUT2D eigenvalue weighted by Crippen LogP contribution is 2.33. The summed E-state index contributed by atoms with van der Waals surface area (Å²) in [5.41, 5.74) is 0.674. The highest BCUT2D eigenvalue weighted by Gasteiger charge is 2.30. The Morgan fingerprint density at radius 3 is 2.22 bits per heavy atom. The molecule has 1 rings (SSSR count). The quantitative estimate of drug-likeness (QED) is 0.466. The lowest BCUT2D eigenvalue weighted by Gasteiger charge is -2.21. The van der Waals surface area contributed by atoms with E-state index >= 15 is 0 Å². The van der Waals surface area contributed by atoms with Crippen LogP contribution in [0, 0.1) is 0 Å². The van der Waals surface area contributed by atoms with Gasteiger partial charge in [-0.15, -0.1) is 11.8 Å². The standard InChI is InChI=1S/C14H18O3S/c1-5-17-13(16)14(3,4)18-12-8-6-11(7-9-12)10(2)15/h6-9H,5H2,1-4H3. The van der Waals surface area contributed by atoms with Gasteiger partial charge in [-0.25, -0.2) is 0 Å². The first-order valence-electron chi connectivity index (χ1n) is 5.84. The Bertz CT molecular complexity index is 435. The molecule has 1 aromatic carbocycles. The van der Waals surface area contributed by atoms with Gasteiger partial charge in [0.25, 0.3) is 0 Å². The molecule has 0 spiro atoms. The Balaban J connectivity index is 2.78. The maximum atomic E-state index is 11.7. The first-order chi connectivity index (χ1) is 8.36. The van der Waals surface area contributed by atoms with E-state index in [1.54, 1.807) is 19.1 Å². The fourth-order valence-corrected chi connectivity index (χ4v) is 2.40. The van der Waals surface area contributed by atoms with E-state index in [9.17, 15) is 9.59 Å². The number of benzene rings is 1. The van der Waals surface area contributed by atoms with Crippen molar-refractivity contribution in [2.75, 3.05) is 6.61 Å². The molecular weight excluding hydrogens is 248 g/mol. The van der Waals surface area contributed by atoms with Crippen LogP contribution >= 0.6 is 11.8 Å². The molecule has 3 nitrogen and oxygen atoms in total. The van der Waals surface area contributed by atoms with Gasteiger partial charge in [-0.05, 0) is 39.8 Å². The normalized spacial score (nSPS) is 11.1. The van der Waals surface area contributed by atoms with E-state index < -0.39 is 4.75 Å². The molecule has 0 saturated heterocycles. The second-order valence-corrected chi connectivity index (χ2v) is 6.11. The molecule has 0 N–H and O–H groups in total. The number of carbonyl (C=O) groups is 2. The summed E-state index contributed by atoms with van der Waals surface area (Å²) in [5.74, 6) is -0.193. The summed E-state index contributed by atoms with van der Waals surface area (Å²) >= 11 is 1.43. The van der Waals surface area contributed by atoms with Crippen molar-refractivity contribution in [2.24, 2.45) is 0 Å². The van der Waals surface area contributed by atoms with E-state index in [0.717, 1.165) is 4.90 Å². The maximum absolute atomic E-state index is 11.7. The van der Waals surface area contributed by atoms with Crippen LogP contribution in [0.1, 0.15) is 38.1 Å². The predicted molar refractivity (Wildman–Crippen MR) is 73.0 cm³/mol. The van der Waals surface area contributed by atoms with E-state index in [0.29, 0.717) is 12.2 Å². The van der Waals surface area contributed by atoms with Crippen LogP contribution in [0.3, 0.4) is 0 Å². The minimum Gasteiger partial charge on any atom is -0.465 e. The van der Waals surface area contributed by atoms with Gasteiger partial charge < -0.3 is 4.74 Å². The molecule has 0 atom stereocenters. The molecule has 1 aromatic rings. The molecule has 0 saturated carbocycles. The molecule has 98 valence electrons. The van der Waals surface area contributed by atoms with Gasteiger partial charge in [0.2, 0.25) is 0 Å². The van der Waals surface area contributed by atoms with Crippen LogP contribution in [0.5, 0.6) is 0 Å². The Morgan fingerprint density at radius 2 is 1.78 bits per heavy atom. The molecule has 4 heteroatoms. The highest BCUT2D eigenvalue weighted by molar-refractivity contribution is 8.01. The molecular formula is C14H18O3S. The zero-order valence-electron chi connectivity index (χ0n) is 11.1. The summed E-state index contributed by atoms with van der Waals surface area (Å²) < 4.78 is 4.40. The van der Waals surface area contributed by atoms with Crippen molar-refractivity contribution in [3.05, 3.63) is 29.8 Å². The van der Waals surface area contributed by atoms with Gasteiger partial charge in [0, 0.05) is 10.5 Å². The van der Waals surface area contributed by atoms with Crippen molar-refractivity contribution in [1.29, 1.82) is 0 Å². The zero-order chi connectivity index (χ0) is 13.8. The molecule has 0 amide bonds. The van der Waals surface area contributed by atoms with Gasteiger partial charge in [-0.1, -0.05) is 12.1 Å². The van der Waals surface area contributed by atoms with Gasteiger partial charge in [0.15, 0.2) is 5.78 Å². The number of carbonyl (C=O) groups excluding carboxylic acids is 2. The SMILES string of the molecule is CCOC(=O)C(C)(C)Sc1ccc(C(C)=O)cc1. The molecule has 0 radical (unpaired) electrons. The minimum atomic E-state index is -0.631. The number of rotatable bonds is 5. The lowest BCUT2D eigenvalue weighted by Crippen LogP contribution is -2.29. The average molecular weight is 266 g/mol. The fraction of sp³-hybridized carbons (Fsp3) is 0.429. The van der Waals surface area contributed by atoms with Crippen LogP contribution in [0.25, 0.3) is 0 Å². The molecule has 0 aliphatic rings. The van der Waals surface area contributed by atoms with E-state index in [1.165, 1.54) is 18.7 Å². The molecule has 0 aliphatic heterocycles. The van der Waals surface area contributed by atoms with Crippen molar-refractivity contribution in [2.45, 2.75) is 37.3 Å². The summed E-state index contributed by atoms with van der Waals surface area (Å²) in [7, 11) is 0. The average Bonchev–Trinajstić information content (AvgIpc) is 2.29. The van der Waals surface area contributed by atoms with Crippen molar-refractivity contribution in [3.63, 3.8) is 0 Å². The summed E-state index contributed by atoms with van der Waals surface area (Å²) in [6, 6.07) is 7.24. The number of hydrogen-bond acceptors (Lipinski definition) is 4. The summed E-state index contributed by atoms with van der Waals surface area (Å²) in [5, 5.41) is 0. The third kappa shape index (κ3) is 3.88. The minimum absolute atomic E-state index is 0.0382. The Kier molecular flexibility index (Phi) is 4.96. The lowest BCUT2D eigenvalue weighted by atomic mass is 10.2.